The van der Waals surface area contributed by atoms with Gasteiger partial charge in [-0.15, -0.1) is 0 Å². The summed E-state index contributed by atoms with van der Waals surface area (Å²) in [5.74, 6) is 1.67. The second-order valence-electron chi connectivity index (χ2n) is 5.35. The number of halogens is 1. The normalized spacial score (nSPS) is 13.6. The highest BCUT2D eigenvalue weighted by atomic mass is 127. The van der Waals surface area contributed by atoms with E-state index in [1.165, 1.54) is 14.7 Å². The molecule has 5 nitrogen and oxygen atoms in total. The third-order valence-corrected chi connectivity index (χ3v) is 4.38. The van der Waals surface area contributed by atoms with Crippen LogP contribution < -0.4 is 5.32 Å². The molecule has 0 amide bonds. The summed E-state index contributed by atoms with van der Waals surface area (Å²) in [5.41, 5.74) is 4.74. The van der Waals surface area contributed by atoms with E-state index in [9.17, 15) is 0 Å². The smallest absolute Gasteiger partial charge is 0.254 e. The number of hydrogen-bond acceptors (Lipinski definition) is 4. The molecule has 0 atom stereocenters. The standard InChI is InChI=1S/C15H14IN5/c1-9-5-10(16)7-11(6-9)19-14-12-3-2-4-13(12)20-15-17-8-18-21(14)15/h5-8,19H,2-4H2,1H3. The van der Waals surface area contributed by atoms with E-state index in [4.69, 9.17) is 0 Å². The van der Waals surface area contributed by atoms with Crippen LogP contribution in [0.5, 0.6) is 0 Å². The third kappa shape index (κ3) is 2.27. The number of fused-ring (bicyclic) bond motifs is 2. The van der Waals surface area contributed by atoms with Crippen molar-refractivity contribution >= 4 is 39.9 Å². The predicted molar refractivity (Wildman–Crippen MR) is 90.0 cm³/mol. The first-order valence-corrected chi connectivity index (χ1v) is 8.04. The van der Waals surface area contributed by atoms with Crippen LogP contribution >= 0.6 is 22.6 Å². The van der Waals surface area contributed by atoms with Crippen LogP contribution in [-0.2, 0) is 12.8 Å². The SMILES string of the molecule is Cc1cc(I)cc(Nc2c3c(nc4ncnn24)CCC3)c1. The molecular weight excluding hydrogens is 377 g/mol. The molecule has 0 fully saturated rings. The lowest BCUT2D eigenvalue weighted by molar-refractivity contribution is 0.900. The molecule has 0 unspecified atom stereocenters. The van der Waals surface area contributed by atoms with Crippen LogP contribution in [-0.4, -0.2) is 19.6 Å². The molecule has 1 N–H and O–H groups in total. The topological polar surface area (TPSA) is 55.1 Å². The van der Waals surface area contributed by atoms with Gasteiger partial charge in [0.1, 0.15) is 12.1 Å². The second kappa shape index (κ2) is 4.94. The number of anilines is 2. The summed E-state index contributed by atoms with van der Waals surface area (Å²) >= 11 is 2.34. The van der Waals surface area contributed by atoms with Crippen molar-refractivity contribution in [3.05, 3.63) is 44.9 Å². The zero-order valence-corrected chi connectivity index (χ0v) is 13.8. The van der Waals surface area contributed by atoms with Crippen LogP contribution in [0.15, 0.2) is 24.5 Å². The molecule has 1 aromatic carbocycles. The number of hydrogen-bond donors (Lipinski definition) is 1. The summed E-state index contributed by atoms with van der Waals surface area (Å²) in [5, 5.41) is 7.85. The maximum Gasteiger partial charge on any atom is 0.254 e. The Morgan fingerprint density at radius 1 is 1.24 bits per heavy atom. The highest BCUT2D eigenvalue weighted by Crippen LogP contribution is 2.30. The summed E-state index contributed by atoms with van der Waals surface area (Å²) in [4.78, 5) is 8.83. The minimum absolute atomic E-state index is 0.667. The maximum atomic E-state index is 4.60. The molecule has 1 aliphatic rings. The van der Waals surface area contributed by atoms with Crippen LogP contribution in [0.2, 0.25) is 0 Å². The van der Waals surface area contributed by atoms with Gasteiger partial charge in [0.05, 0.1) is 5.69 Å². The van der Waals surface area contributed by atoms with E-state index in [1.807, 2.05) is 0 Å². The molecule has 2 aromatic heterocycles. The van der Waals surface area contributed by atoms with Gasteiger partial charge in [0, 0.05) is 14.8 Å². The molecule has 2 heterocycles. The molecule has 6 heteroatoms. The van der Waals surface area contributed by atoms with E-state index in [-0.39, 0.29) is 0 Å². The van der Waals surface area contributed by atoms with Gasteiger partial charge in [0.25, 0.3) is 5.78 Å². The number of benzene rings is 1. The zero-order valence-electron chi connectivity index (χ0n) is 11.6. The second-order valence-corrected chi connectivity index (χ2v) is 6.60. The quantitative estimate of drug-likeness (QED) is 0.682. The number of aromatic nitrogens is 4. The molecule has 0 bridgehead atoms. The minimum Gasteiger partial charge on any atom is -0.340 e. The van der Waals surface area contributed by atoms with Gasteiger partial charge in [-0.05, 0) is 72.5 Å². The number of rotatable bonds is 2. The van der Waals surface area contributed by atoms with Gasteiger partial charge in [-0.3, -0.25) is 0 Å². The highest BCUT2D eigenvalue weighted by Gasteiger charge is 2.21. The molecule has 0 aliphatic heterocycles. The summed E-state index contributed by atoms with van der Waals surface area (Å²) in [7, 11) is 0. The molecule has 0 spiro atoms. The first-order chi connectivity index (χ1) is 10.2. The van der Waals surface area contributed by atoms with E-state index in [0.717, 1.165) is 36.5 Å². The van der Waals surface area contributed by atoms with Crippen molar-refractivity contribution in [3.8, 4) is 0 Å². The number of aryl methyl sites for hydroxylation is 2. The van der Waals surface area contributed by atoms with Crippen LogP contribution in [0.4, 0.5) is 11.5 Å². The van der Waals surface area contributed by atoms with Crippen molar-refractivity contribution in [2.45, 2.75) is 26.2 Å². The monoisotopic (exact) mass is 391 g/mol. The summed E-state index contributed by atoms with van der Waals surface area (Å²) in [6.07, 6.45) is 4.78. The van der Waals surface area contributed by atoms with Gasteiger partial charge in [0.2, 0.25) is 0 Å². The molecule has 1 aliphatic carbocycles. The van der Waals surface area contributed by atoms with Crippen molar-refractivity contribution in [1.29, 1.82) is 0 Å². The van der Waals surface area contributed by atoms with Crippen molar-refractivity contribution in [1.82, 2.24) is 19.6 Å². The average Bonchev–Trinajstić information content (AvgIpc) is 3.05. The first-order valence-electron chi connectivity index (χ1n) is 6.96. The Morgan fingerprint density at radius 2 is 2.14 bits per heavy atom. The van der Waals surface area contributed by atoms with E-state index in [0.29, 0.717) is 5.78 Å². The Morgan fingerprint density at radius 3 is 3.00 bits per heavy atom. The summed E-state index contributed by atoms with van der Waals surface area (Å²) in [6.45, 7) is 2.11. The molecule has 0 saturated carbocycles. The minimum atomic E-state index is 0.667. The molecule has 0 saturated heterocycles. The number of nitrogens with zero attached hydrogens (tertiary/aromatic N) is 4. The van der Waals surface area contributed by atoms with Crippen molar-refractivity contribution < 1.29 is 0 Å². The Bertz CT molecular complexity index is 819. The lowest BCUT2D eigenvalue weighted by atomic mass is 10.2. The highest BCUT2D eigenvalue weighted by molar-refractivity contribution is 14.1. The zero-order chi connectivity index (χ0) is 14.4. The van der Waals surface area contributed by atoms with Gasteiger partial charge in [-0.25, -0.2) is 4.98 Å². The lowest BCUT2D eigenvalue weighted by Gasteiger charge is -2.13. The first kappa shape index (κ1) is 13.0. The van der Waals surface area contributed by atoms with Crippen LogP contribution in [0, 0.1) is 10.5 Å². The van der Waals surface area contributed by atoms with Gasteiger partial charge < -0.3 is 5.32 Å². The Hall–Kier alpha value is -1.70. The molecule has 21 heavy (non-hydrogen) atoms. The van der Waals surface area contributed by atoms with Crippen molar-refractivity contribution in [2.24, 2.45) is 0 Å². The summed E-state index contributed by atoms with van der Waals surface area (Å²) in [6, 6.07) is 6.44. The van der Waals surface area contributed by atoms with Gasteiger partial charge in [0.15, 0.2) is 0 Å². The van der Waals surface area contributed by atoms with E-state index >= 15 is 0 Å². The Kier molecular flexibility index (Phi) is 3.06. The van der Waals surface area contributed by atoms with Crippen molar-refractivity contribution in [3.63, 3.8) is 0 Å². The fourth-order valence-corrected chi connectivity index (χ4v) is 3.72. The van der Waals surface area contributed by atoms with E-state index in [2.05, 4.69) is 68.1 Å². The van der Waals surface area contributed by atoms with Crippen molar-refractivity contribution in [2.75, 3.05) is 5.32 Å². The van der Waals surface area contributed by atoms with Crippen LogP contribution in [0.3, 0.4) is 0 Å². The summed E-state index contributed by atoms with van der Waals surface area (Å²) < 4.78 is 3.02. The lowest BCUT2D eigenvalue weighted by Crippen LogP contribution is -2.07. The van der Waals surface area contributed by atoms with E-state index in [1.54, 1.807) is 10.8 Å². The Balaban J connectivity index is 1.87. The molecule has 3 aromatic rings. The van der Waals surface area contributed by atoms with Crippen LogP contribution in [0.1, 0.15) is 23.2 Å². The molecular formula is C15H14IN5. The van der Waals surface area contributed by atoms with Gasteiger partial charge >= 0.3 is 0 Å². The van der Waals surface area contributed by atoms with Gasteiger partial charge in [-0.2, -0.15) is 14.6 Å². The van der Waals surface area contributed by atoms with Crippen LogP contribution in [0.25, 0.3) is 5.78 Å². The average molecular weight is 391 g/mol. The third-order valence-electron chi connectivity index (χ3n) is 3.76. The predicted octanol–water partition coefficient (Wildman–Crippen LogP) is 3.27. The number of nitrogens with one attached hydrogen (secondary N) is 1. The molecule has 106 valence electrons. The molecule has 0 radical (unpaired) electrons. The van der Waals surface area contributed by atoms with Gasteiger partial charge in [-0.1, -0.05) is 0 Å². The fourth-order valence-electron chi connectivity index (χ4n) is 2.90. The Labute approximate surface area is 135 Å². The van der Waals surface area contributed by atoms with E-state index < -0.39 is 0 Å². The molecule has 4 rings (SSSR count). The largest absolute Gasteiger partial charge is 0.340 e. The maximum absolute atomic E-state index is 4.60. The fraction of sp³-hybridized carbons (Fsp3) is 0.267.